The quantitative estimate of drug-likeness (QED) is 0.885. The Labute approximate surface area is 133 Å². The van der Waals surface area contributed by atoms with Crippen molar-refractivity contribution in [2.45, 2.75) is 38.2 Å². The molecule has 1 saturated carbocycles. The average Bonchev–Trinajstić information content (AvgIpc) is 2.94. The largest absolute Gasteiger partial charge is 0.368 e. The van der Waals surface area contributed by atoms with E-state index in [0.29, 0.717) is 5.92 Å². The van der Waals surface area contributed by atoms with Crippen LogP contribution in [0.5, 0.6) is 0 Å². The first-order valence-electron chi connectivity index (χ1n) is 7.72. The molecule has 2 aromatic rings. The first kappa shape index (κ1) is 15.6. The molecule has 23 heavy (non-hydrogen) atoms. The third-order valence-corrected chi connectivity index (χ3v) is 4.18. The highest BCUT2D eigenvalue weighted by molar-refractivity contribution is 5.33. The van der Waals surface area contributed by atoms with Gasteiger partial charge in [0, 0.05) is 6.04 Å². The standard InChI is InChI=1S/C16H19F2N5/c17-13(18)14-21-15(19)23-16(22-14)20-12-8-4-7-11(12)9-10-5-2-1-3-6-10/h1-3,5-6,11-13H,4,7-9H2,(H3,19,20,21,22,23). The van der Waals surface area contributed by atoms with Gasteiger partial charge in [-0.2, -0.15) is 15.0 Å². The van der Waals surface area contributed by atoms with Gasteiger partial charge in [-0.3, -0.25) is 0 Å². The molecule has 1 aromatic carbocycles. The summed E-state index contributed by atoms with van der Waals surface area (Å²) in [4.78, 5) is 11.2. The summed E-state index contributed by atoms with van der Waals surface area (Å²) in [6, 6.07) is 10.4. The van der Waals surface area contributed by atoms with Gasteiger partial charge in [-0.05, 0) is 30.7 Å². The van der Waals surface area contributed by atoms with Gasteiger partial charge in [0.25, 0.3) is 6.43 Å². The molecular weight excluding hydrogens is 300 g/mol. The average molecular weight is 319 g/mol. The van der Waals surface area contributed by atoms with Crippen LogP contribution in [0.25, 0.3) is 0 Å². The highest BCUT2D eigenvalue weighted by Crippen LogP contribution is 2.31. The summed E-state index contributed by atoms with van der Waals surface area (Å²) in [6.45, 7) is 0. The Hall–Kier alpha value is -2.31. The molecule has 1 aliphatic carbocycles. The summed E-state index contributed by atoms with van der Waals surface area (Å²) in [5, 5.41) is 3.17. The van der Waals surface area contributed by atoms with Crippen LogP contribution < -0.4 is 11.1 Å². The molecular formula is C16H19F2N5. The van der Waals surface area contributed by atoms with Crippen molar-refractivity contribution in [1.82, 2.24) is 15.0 Å². The molecule has 0 amide bonds. The van der Waals surface area contributed by atoms with E-state index < -0.39 is 12.2 Å². The minimum absolute atomic E-state index is 0.137. The zero-order chi connectivity index (χ0) is 16.2. The summed E-state index contributed by atoms with van der Waals surface area (Å²) in [7, 11) is 0. The van der Waals surface area contributed by atoms with Gasteiger partial charge in [-0.15, -0.1) is 0 Å². The molecule has 1 aliphatic rings. The van der Waals surface area contributed by atoms with Gasteiger partial charge < -0.3 is 11.1 Å². The molecule has 0 radical (unpaired) electrons. The molecule has 5 nitrogen and oxygen atoms in total. The summed E-state index contributed by atoms with van der Waals surface area (Å²) >= 11 is 0. The Morgan fingerprint density at radius 3 is 2.65 bits per heavy atom. The number of alkyl halides is 2. The third-order valence-electron chi connectivity index (χ3n) is 4.18. The lowest BCUT2D eigenvalue weighted by Crippen LogP contribution is -2.27. The molecule has 1 fully saturated rings. The number of aromatic nitrogens is 3. The molecule has 7 heteroatoms. The van der Waals surface area contributed by atoms with E-state index in [1.807, 2.05) is 18.2 Å². The molecule has 0 aliphatic heterocycles. The summed E-state index contributed by atoms with van der Waals surface area (Å²) in [5.74, 6) is -0.212. The fourth-order valence-corrected chi connectivity index (χ4v) is 3.13. The van der Waals surface area contributed by atoms with Crippen LogP contribution in [-0.4, -0.2) is 21.0 Å². The van der Waals surface area contributed by atoms with E-state index in [2.05, 4.69) is 32.4 Å². The monoisotopic (exact) mass is 319 g/mol. The zero-order valence-electron chi connectivity index (χ0n) is 12.6. The van der Waals surface area contributed by atoms with Gasteiger partial charge in [-0.1, -0.05) is 36.8 Å². The van der Waals surface area contributed by atoms with Gasteiger partial charge in [0.1, 0.15) is 0 Å². The molecule has 2 atom stereocenters. The van der Waals surface area contributed by atoms with Crippen LogP contribution in [-0.2, 0) is 6.42 Å². The Kier molecular flexibility index (Phi) is 4.64. The molecule has 122 valence electrons. The number of nitrogen functional groups attached to an aromatic ring is 1. The number of anilines is 2. The Morgan fingerprint density at radius 2 is 1.91 bits per heavy atom. The normalized spacial score (nSPS) is 20.8. The van der Waals surface area contributed by atoms with Gasteiger partial charge in [0.05, 0.1) is 0 Å². The van der Waals surface area contributed by atoms with Crippen LogP contribution in [0.4, 0.5) is 20.7 Å². The van der Waals surface area contributed by atoms with Crippen molar-refractivity contribution in [3.63, 3.8) is 0 Å². The molecule has 2 unspecified atom stereocenters. The maximum atomic E-state index is 12.8. The molecule has 0 spiro atoms. The molecule has 3 rings (SSSR count). The minimum atomic E-state index is -2.76. The van der Waals surface area contributed by atoms with Crippen molar-refractivity contribution >= 4 is 11.9 Å². The SMILES string of the molecule is Nc1nc(NC2CCCC2Cc2ccccc2)nc(C(F)F)n1. The highest BCUT2D eigenvalue weighted by Gasteiger charge is 2.28. The van der Waals surface area contributed by atoms with E-state index in [0.717, 1.165) is 25.7 Å². The van der Waals surface area contributed by atoms with Crippen molar-refractivity contribution in [2.24, 2.45) is 5.92 Å². The fraction of sp³-hybridized carbons (Fsp3) is 0.438. The molecule has 0 bridgehead atoms. The predicted octanol–water partition coefficient (Wildman–Crippen LogP) is 3.21. The number of halogens is 2. The van der Waals surface area contributed by atoms with E-state index in [9.17, 15) is 8.78 Å². The second kappa shape index (κ2) is 6.85. The third kappa shape index (κ3) is 3.91. The maximum absolute atomic E-state index is 12.8. The Bertz CT molecular complexity index is 650. The smallest absolute Gasteiger partial charge is 0.297 e. The summed E-state index contributed by atoms with van der Waals surface area (Å²) < 4.78 is 25.5. The van der Waals surface area contributed by atoms with E-state index in [-0.39, 0.29) is 17.9 Å². The van der Waals surface area contributed by atoms with E-state index in [4.69, 9.17) is 5.73 Å². The lowest BCUT2D eigenvalue weighted by Gasteiger charge is -2.21. The van der Waals surface area contributed by atoms with Crippen molar-refractivity contribution in [1.29, 1.82) is 0 Å². The van der Waals surface area contributed by atoms with Gasteiger partial charge in [0.15, 0.2) is 0 Å². The number of nitrogens with one attached hydrogen (secondary N) is 1. The summed E-state index contributed by atoms with van der Waals surface area (Å²) in [6.07, 6.45) is 1.34. The van der Waals surface area contributed by atoms with Gasteiger partial charge in [-0.25, -0.2) is 8.78 Å². The van der Waals surface area contributed by atoms with Crippen molar-refractivity contribution in [2.75, 3.05) is 11.1 Å². The number of benzene rings is 1. The lowest BCUT2D eigenvalue weighted by atomic mass is 9.95. The molecule has 3 N–H and O–H groups in total. The second-order valence-electron chi connectivity index (χ2n) is 5.81. The van der Waals surface area contributed by atoms with Crippen LogP contribution in [0.2, 0.25) is 0 Å². The van der Waals surface area contributed by atoms with E-state index in [1.165, 1.54) is 5.56 Å². The van der Waals surface area contributed by atoms with Crippen molar-refractivity contribution in [3.05, 3.63) is 41.7 Å². The Balaban J connectivity index is 1.71. The molecule has 1 heterocycles. The topological polar surface area (TPSA) is 76.7 Å². The second-order valence-corrected chi connectivity index (χ2v) is 5.81. The predicted molar refractivity (Wildman–Crippen MR) is 84.1 cm³/mol. The minimum Gasteiger partial charge on any atom is -0.368 e. The highest BCUT2D eigenvalue weighted by atomic mass is 19.3. The Morgan fingerprint density at radius 1 is 1.13 bits per heavy atom. The van der Waals surface area contributed by atoms with Crippen molar-refractivity contribution < 1.29 is 8.78 Å². The molecule has 1 aromatic heterocycles. The zero-order valence-corrected chi connectivity index (χ0v) is 12.6. The van der Waals surface area contributed by atoms with Crippen LogP contribution in [0.3, 0.4) is 0 Å². The first-order chi connectivity index (χ1) is 11.1. The molecule has 0 saturated heterocycles. The number of hydrogen-bond donors (Lipinski definition) is 2. The van der Waals surface area contributed by atoms with Gasteiger partial charge in [0.2, 0.25) is 17.7 Å². The fourth-order valence-electron chi connectivity index (χ4n) is 3.13. The van der Waals surface area contributed by atoms with Crippen LogP contribution in [0.1, 0.15) is 37.1 Å². The van der Waals surface area contributed by atoms with Gasteiger partial charge >= 0.3 is 0 Å². The number of rotatable bonds is 5. The number of nitrogens with zero attached hydrogens (tertiary/aromatic N) is 3. The van der Waals surface area contributed by atoms with Crippen LogP contribution >= 0.6 is 0 Å². The van der Waals surface area contributed by atoms with E-state index >= 15 is 0 Å². The number of hydrogen-bond acceptors (Lipinski definition) is 5. The van der Waals surface area contributed by atoms with E-state index in [1.54, 1.807) is 0 Å². The van der Waals surface area contributed by atoms with Crippen molar-refractivity contribution in [3.8, 4) is 0 Å². The van der Waals surface area contributed by atoms with Crippen LogP contribution in [0, 0.1) is 5.92 Å². The van der Waals surface area contributed by atoms with Crippen LogP contribution in [0.15, 0.2) is 30.3 Å². The lowest BCUT2D eigenvalue weighted by molar-refractivity contribution is 0.140. The maximum Gasteiger partial charge on any atom is 0.297 e. The summed E-state index contributed by atoms with van der Waals surface area (Å²) in [5.41, 5.74) is 6.77. The number of nitrogens with two attached hydrogens (primary N) is 1. The first-order valence-corrected chi connectivity index (χ1v) is 7.72.